The number of anilines is 1. The summed E-state index contributed by atoms with van der Waals surface area (Å²) in [6, 6.07) is 14.1. The summed E-state index contributed by atoms with van der Waals surface area (Å²) in [7, 11) is 0. The van der Waals surface area contributed by atoms with Crippen molar-refractivity contribution in [3.05, 3.63) is 64.5 Å². The van der Waals surface area contributed by atoms with Crippen LogP contribution in [0.15, 0.2) is 58.9 Å². The average Bonchev–Trinajstić information content (AvgIpc) is 3.34. The number of halogens is 1. The Morgan fingerprint density at radius 2 is 1.82 bits per heavy atom. The van der Waals surface area contributed by atoms with Gasteiger partial charge in [0.25, 0.3) is 0 Å². The van der Waals surface area contributed by atoms with Crippen LogP contribution < -0.4 is 20.3 Å². The number of aromatic nitrogens is 1. The van der Waals surface area contributed by atoms with Crippen LogP contribution >= 0.6 is 11.3 Å². The number of morpholine rings is 1. The van der Waals surface area contributed by atoms with Crippen molar-refractivity contribution < 1.29 is 23.5 Å². The Balaban J connectivity index is 1.47. The first-order chi connectivity index (χ1) is 18.5. The zero-order valence-corrected chi connectivity index (χ0v) is 22.1. The monoisotopic (exact) mass is 541 g/mol. The van der Waals surface area contributed by atoms with E-state index in [2.05, 4.69) is 49.7 Å². The second-order valence-electron chi connectivity index (χ2n) is 8.56. The molecule has 0 bridgehead atoms. The molecule has 1 aliphatic rings. The number of ether oxygens (including phenoxy) is 2. The van der Waals surface area contributed by atoms with Crippen LogP contribution in [0.5, 0.6) is 0 Å². The highest BCUT2D eigenvalue weighted by Crippen LogP contribution is 2.25. The van der Waals surface area contributed by atoms with Crippen LogP contribution in [0.3, 0.4) is 0 Å². The van der Waals surface area contributed by atoms with Crippen molar-refractivity contribution in [2.75, 3.05) is 50.9 Å². The number of thiazole rings is 1. The molecule has 0 saturated carbocycles. The normalized spacial score (nSPS) is 13.8. The van der Waals surface area contributed by atoms with Crippen molar-refractivity contribution in [1.82, 2.24) is 15.2 Å². The number of nitrogens with one attached hydrogen (secondary N) is 2. The van der Waals surface area contributed by atoms with Crippen LogP contribution in [-0.4, -0.2) is 62.6 Å². The second-order valence-corrected chi connectivity index (χ2v) is 9.39. The Kier molecular flexibility index (Phi) is 9.88. The predicted octanol–water partition coefficient (Wildman–Crippen LogP) is 3.68. The van der Waals surface area contributed by atoms with E-state index in [4.69, 9.17) is 14.5 Å². The van der Waals surface area contributed by atoms with Gasteiger partial charge in [-0.05, 0) is 55.3 Å². The van der Waals surface area contributed by atoms with Crippen LogP contribution in [0.4, 0.5) is 20.6 Å². The Morgan fingerprint density at radius 1 is 1.08 bits per heavy atom. The van der Waals surface area contributed by atoms with E-state index in [0.29, 0.717) is 25.2 Å². The van der Waals surface area contributed by atoms with Crippen molar-refractivity contribution in [2.24, 2.45) is 4.99 Å². The van der Waals surface area contributed by atoms with Crippen LogP contribution in [0.25, 0.3) is 11.3 Å². The molecule has 1 fully saturated rings. The number of nitrogens with zero attached hydrogens (tertiary/aromatic N) is 3. The fraction of sp³-hybridized carbons (Fsp3) is 0.370. The molecule has 2 N–H and O–H groups in total. The minimum absolute atomic E-state index is 0.176. The molecule has 0 aliphatic carbocycles. The smallest absolute Gasteiger partial charge is 0.325 e. The topological polar surface area (TPSA) is 97.2 Å². The van der Waals surface area contributed by atoms with Crippen LogP contribution in [0.1, 0.15) is 13.3 Å². The lowest BCUT2D eigenvalue weighted by atomic mass is 10.1. The van der Waals surface area contributed by atoms with E-state index in [1.165, 1.54) is 23.5 Å². The van der Waals surface area contributed by atoms with Gasteiger partial charge in [-0.3, -0.25) is 4.79 Å². The first kappa shape index (κ1) is 27.3. The molecule has 9 nitrogen and oxygen atoms in total. The van der Waals surface area contributed by atoms with E-state index >= 15 is 0 Å². The maximum absolute atomic E-state index is 13.4. The van der Waals surface area contributed by atoms with Crippen LogP contribution in [0.2, 0.25) is 0 Å². The molecule has 3 aromatic rings. The fourth-order valence-corrected chi connectivity index (χ4v) is 4.98. The number of amides is 2. The number of urea groups is 1. The lowest BCUT2D eigenvalue weighted by molar-refractivity contribution is -0.141. The summed E-state index contributed by atoms with van der Waals surface area (Å²) < 4.78 is 25.8. The summed E-state index contributed by atoms with van der Waals surface area (Å²) in [6.07, 6.45) is 0.638. The van der Waals surface area contributed by atoms with Gasteiger partial charge in [0.15, 0.2) is 4.80 Å². The van der Waals surface area contributed by atoms with Crippen molar-refractivity contribution in [1.29, 1.82) is 0 Å². The molecule has 2 aromatic carbocycles. The van der Waals surface area contributed by atoms with Gasteiger partial charge in [0.05, 0.1) is 31.2 Å². The van der Waals surface area contributed by atoms with E-state index in [9.17, 15) is 14.0 Å². The Morgan fingerprint density at radius 3 is 2.53 bits per heavy atom. The van der Waals surface area contributed by atoms with E-state index in [1.807, 2.05) is 0 Å². The molecule has 38 heavy (non-hydrogen) atoms. The maximum Gasteiger partial charge on any atom is 0.325 e. The fourth-order valence-electron chi connectivity index (χ4n) is 4.02. The number of esters is 1. The first-order valence-corrected chi connectivity index (χ1v) is 13.5. The Bertz CT molecular complexity index is 1270. The molecule has 2 amide bonds. The third-order valence-corrected chi connectivity index (χ3v) is 6.79. The molecule has 1 saturated heterocycles. The summed E-state index contributed by atoms with van der Waals surface area (Å²) in [6.45, 7) is 6.02. The van der Waals surface area contributed by atoms with Gasteiger partial charge in [0, 0.05) is 37.2 Å². The van der Waals surface area contributed by atoms with Gasteiger partial charge >= 0.3 is 12.0 Å². The molecule has 0 atom stereocenters. The van der Waals surface area contributed by atoms with Crippen molar-refractivity contribution in [3.8, 4) is 11.3 Å². The molecule has 4 rings (SSSR count). The van der Waals surface area contributed by atoms with Gasteiger partial charge < -0.3 is 29.6 Å². The minimum atomic E-state index is -0.479. The summed E-state index contributed by atoms with van der Waals surface area (Å²) in [5.41, 5.74) is 3.89. The SMILES string of the molecule is CCOC(=O)CNC(=O)NCCCn1c(-c2ccc(N3CCOCC3)cc2)cs/c1=N\c1ccc(F)cc1. The standard InChI is InChI=1S/C27H32FN5O4S/c1-2-37-25(34)18-30-26(35)29-12-3-13-33-24(19-38-27(33)31-22-8-6-21(28)7-9-22)20-4-10-23(11-5-20)32-14-16-36-17-15-32/h4-11,19H,2-3,12-18H2,1H3,(H2,29,30,35)/b31-27-. The number of hydrogen-bond acceptors (Lipinski definition) is 7. The van der Waals surface area contributed by atoms with Gasteiger partial charge in [0.1, 0.15) is 12.4 Å². The lowest BCUT2D eigenvalue weighted by Crippen LogP contribution is -2.39. The zero-order valence-electron chi connectivity index (χ0n) is 21.3. The molecule has 11 heteroatoms. The van der Waals surface area contributed by atoms with Gasteiger partial charge in [-0.2, -0.15) is 0 Å². The van der Waals surface area contributed by atoms with Gasteiger partial charge in [-0.1, -0.05) is 12.1 Å². The van der Waals surface area contributed by atoms with Crippen molar-refractivity contribution >= 4 is 34.7 Å². The number of hydrogen-bond donors (Lipinski definition) is 2. The predicted molar refractivity (Wildman–Crippen MR) is 145 cm³/mol. The molecule has 2 heterocycles. The first-order valence-electron chi connectivity index (χ1n) is 12.6. The largest absolute Gasteiger partial charge is 0.465 e. The highest BCUT2D eigenvalue weighted by molar-refractivity contribution is 7.07. The van der Waals surface area contributed by atoms with Gasteiger partial charge in [0.2, 0.25) is 0 Å². The summed E-state index contributed by atoms with van der Waals surface area (Å²) in [5.74, 6) is -0.788. The van der Waals surface area contributed by atoms with Gasteiger partial charge in [-0.15, -0.1) is 11.3 Å². The maximum atomic E-state index is 13.4. The highest BCUT2D eigenvalue weighted by atomic mass is 32.1. The van der Waals surface area contributed by atoms with Crippen molar-refractivity contribution in [3.63, 3.8) is 0 Å². The Hall–Kier alpha value is -3.70. The third-order valence-electron chi connectivity index (χ3n) is 5.93. The molecule has 1 aliphatic heterocycles. The minimum Gasteiger partial charge on any atom is -0.465 e. The van der Waals surface area contributed by atoms with Crippen LogP contribution in [-0.2, 0) is 20.8 Å². The van der Waals surface area contributed by atoms with Crippen molar-refractivity contribution in [2.45, 2.75) is 19.9 Å². The van der Waals surface area contributed by atoms with E-state index in [1.54, 1.807) is 19.1 Å². The van der Waals surface area contributed by atoms with E-state index < -0.39 is 12.0 Å². The molecular weight excluding hydrogens is 509 g/mol. The molecular formula is C27H32FN5O4S. The van der Waals surface area contributed by atoms with E-state index in [-0.39, 0.29) is 19.0 Å². The lowest BCUT2D eigenvalue weighted by Gasteiger charge is -2.28. The summed E-state index contributed by atoms with van der Waals surface area (Å²) in [5, 5.41) is 7.32. The number of carbonyl (C=O) groups is 2. The molecule has 0 radical (unpaired) electrons. The molecule has 0 spiro atoms. The second kappa shape index (κ2) is 13.7. The average molecular weight is 542 g/mol. The highest BCUT2D eigenvalue weighted by Gasteiger charge is 2.13. The van der Waals surface area contributed by atoms with Crippen LogP contribution in [0, 0.1) is 5.82 Å². The molecule has 0 unspecified atom stereocenters. The quantitative estimate of drug-likeness (QED) is 0.302. The summed E-state index contributed by atoms with van der Waals surface area (Å²) >= 11 is 1.51. The van der Waals surface area contributed by atoms with E-state index in [0.717, 1.165) is 48.0 Å². The summed E-state index contributed by atoms with van der Waals surface area (Å²) in [4.78, 5) is 31.2. The zero-order chi connectivity index (χ0) is 26.7. The molecule has 202 valence electrons. The van der Waals surface area contributed by atoms with Gasteiger partial charge in [-0.25, -0.2) is 14.2 Å². The number of rotatable bonds is 10. The Labute approximate surface area is 224 Å². The third kappa shape index (κ3) is 7.65. The molecule has 1 aromatic heterocycles. The number of benzene rings is 2. The number of carbonyl (C=O) groups excluding carboxylic acids is 2.